The lowest BCUT2D eigenvalue weighted by atomic mass is 9.81. The lowest BCUT2D eigenvalue weighted by molar-refractivity contribution is 0.467. The molecule has 1 aromatic rings. The van der Waals surface area contributed by atoms with Gasteiger partial charge in [0.1, 0.15) is 5.75 Å². The van der Waals surface area contributed by atoms with Crippen molar-refractivity contribution < 1.29 is 5.11 Å². The molecular weight excluding hydrogens is 134 g/mol. The van der Waals surface area contributed by atoms with E-state index in [1.807, 2.05) is 32.0 Å². The summed E-state index contributed by atoms with van der Waals surface area (Å²) in [4.78, 5) is 0. The molecule has 1 aromatic carbocycles. The molecule has 11 heavy (non-hydrogen) atoms. The van der Waals surface area contributed by atoms with Crippen molar-refractivity contribution in [2.24, 2.45) is 0 Å². The van der Waals surface area contributed by atoms with Gasteiger partial charge in [-0.25, -0.2) is 0 Å². The van der Waals surface area contributed by atoms with Gasteiger partial charge in [-0.3, -0.25) is 0 Å². The number of phenolic OH excluding ortho intramolecular Hbond substituents is 1. The van der Waals surface area contributed by atoms with Gasteiger partial charge in [-0.2, -0.15) is 0 Å². The Kier molecular flexibility index (Phi) is 4.51. The maximum absolute atomic E-state index is 9.21. The first-order valence-corrected chi connectivity index (χ1v) is 3.30. The van der Waals surface area contributed by atoms with Crippen LogP contribution in [-0.2, 0) is 0 Å². The van der Waals surface area contributed by atoms with Crippen molar-refractivity contribution in [1.82, 2.24) is 0 Å². The van der Waals surface area contributed by atoms with Gasteiger partial charge in [0.25, 0.3) is 0 Å². The first kappa shape index (κ1) is 10.1. The number of phenols is 1. The molecule has 1 nitrogen and oxygen atoms in total. The number of aromatic hydroxyl groups is 1. The third kappa shape index (κ3) is 2.71. The standard InChI is InChI=1S/C8H10O.B2/c1-6-4-3-5-7(2)8(6)9;1-2/h3-5,9H,1-2H3;. The SMILES string of the molecule is Cc1cccc(C)c1O.[B][B]. The van der Waals surface area contributed by atoms with Crippen LogP contribution in [0.3, 0.4) is 0 Å². The van der Waals surface area contributed by atoms with Crippen molar-refractivity contribution in [3.63, 3.8) is 0 Å². The van der Waals surface area contributed by atoms with E-state index in [9.17, 15) is 5.11 Å². The Labute approximate surface area is 70.2 Å². The fourth-order valence-corrected chi connectivity index (χ4v) is 0.806. The van der Waals surface area contributed by atoms with E-state index in [0.29, 0.717) is 5.75 Å². The third-order valence-corrected chi connectivity index (χ3v) is 1.44. The predicted octanol–water partition coefficient (Wildman–Crippen LogP) is 1.25. The molecule has 0 saturated carbocycles. The number of hydrogen-bond acceptors (Lipinski definition) is 1. The molecule has 0 saturated heterocycles. The van der Waals surface area contributed by atoms with Crippen molar-refractivity contribution in [2.45, 2.75) is 13.8 Å². The van der Waals surface area contributed by atoms with Crippen LogP contribution in [-0.4, -0.2) is 20.6 Å². The molecular formula is C8H10B2O. The molecule has 3 heteroatoms. The molecule has 0 atom stereocenters. The minimum atomic E-state index is 0.414. The minimum Gasteiger partial charge on any atom is -0.507 e. The fraction of sp³-hybridized carbons (Fsp3) is 0.250. The van der Waals surface area contributed by atoms with Gasteiger partial charge in [-0.1, -0.05) is 18.2 Å². The van der Waals surface area contributed by atoms with Crippen LogP contribution >= 0.6 is 0 Å². The highest BCUT2D eigenvalue weighted by Crippen LogP contribution is 2.19. The minimum absolute atomic E-state index is 0.414. The Balaban J connectivity index is 0.000000461. The van der Waals surface area contributed by atoms with E-state index in [1.165, 1.54) is 0 Å². The van der Waals surface area contributed by atoms with Crippen LogP contribution in [0.15, 0.2) is 18.2 Å². The molecule has 0 bridgehead atoms. The highest BCUT2D eigenvalue weighted by atomic mass is 16.3. The molecule has 0 amide bonds. The van der Waals surface area contributed by atoms with Crippen LogP contribution < -0.4 is 0 Å². The maximum atomic E-state index is 9.21. The molecule has 0 fully saturated rings. The lowest BCUT2D eigenvalue weighted by Gasteiger charge is -1.99. The largest absolute Gasteiger partial charge is 0.507 e. The Morgan fingerprint density at radius 1 is 1.09 bits per heavy atom. The number of rotatable bonds is 0. The number of hydrogen-bond donors (Lipinski definition) is 1. The Morgan fingerprint density at radius 2 is 1.45 bits per heavy atom. The van der Waals surface area contributed by atoms with Crippen LogP contribution in [0.2, 0.25) is 0 Å². The molecule has 0 aromatic heterocycles. The van der Waals surface area contributed by atoms with Crippen molar-refractivity contribution >= 4 is 15.5 Å². The van der Waals surface area contributed by atoms with Crippen molar-refractivity contribution in [1.29, 1.82) is 0 Å². The van der Waals surface area contributed by atoms with Gasteiger partial charge in [-0.15, -0.1) is 0 Å². The Morgan fingerprint density at radius 3 is 1.73 bits per heavy atom. The number of aryl methyl sites for hydroxylation is 2. The zero-order valence-corrected chi connectivity index (χ0v) is 6.83. The van der Waals surface area contributed by atoms with Crippen molar-refractivity contribution in [3.05, 3.63) is 29.3 Å². The van der Waals surface area contributed by atoms with Gasteiger partial charge < -0.3 is 5.11 Å². The van der Waals surface area contributed by atoms with Crippen LogP contribution in [0.1, 0.15) is 11.1 Å². The van der Waals surface area contributed by atoms with Crippen LogP contribution in [0, 0.1) is 13.8 Å². The molecule has 0 aliphatic carbocycles. The molecule has 1 rings (SSSR count). The second-order valence-electron chi connectivity index (χ2n) is 2.24. The fourth-order valence-electron chi connectivity index (χ4n) is 0.806. The Hall–Kier alpha value is -0.850. The lowest BCUT2D eigenvalue weighted by Crippen LogP contribution is -1.76. The van der Waals surface area contributed by atoms with Crippen LogP contribution in [0.25, 0.3) is 0 Å². The van der Waals surface area contributed by atoms with Crippen LogP contribution in [0.5, 0.6) is 5.75 Å². The van der Waals surface area contributed by atoms with E-state index < -0.39 is 0 Å². The molecule has 0 heterocycles. The maximum Gasteiger partial charge on any atom is 0.121 e. The summed E-state index contributed by atoms with van der Waals surface area (Å²) >= 11 is 0. The van der Waals surface area contributed by atoms with Gasteiger partial charge in [0.15, 0.2) is 0 Å². The second kappa shape index (κ2) is 4.89. The average molecular weight is 144 g/mol. The number of para-hydroxylation sites is 1. The van der Waals surface area contributed by atoms with E-state index in [4.69, 9.17) is 0 Å². The summed E-state index contributed by atoms with van der Waals surface area (Å²) in [6.07, 6.45) is 0. The highest BCUT2D eigenvalue weighted by Gasteiger charge is 1.95. The summed E-state index contributed by atoms with van der Waals surface area (Å²) in [6.45, 7) is 3.78. The molecule has 4 radical (unpaired) electrons. The highest BCUT2D eigenvalue weighted by molar-refractivity contribution is 6.75. The summed E-state index contributed by atoms with van der Waals surface area (Å²) in [5.41, 5.74) is 1.88. The molecule has 1 N–H and O–H groups in total. The van der Waals surface area contributed by atoms with Gasteiger partial charge in [0, 0.05) is 15.5 Å². The molecule has 0 unspecified atom stereocenters. The Bertz CT molecular complexity index is 203. The quantitative estimate of drug-likeness (QED) is 0.543. The van der Waals surface area contributed by atoms with Crippen molar-refractivity contribution in [3.8, 4) is 5.75 Å². The van der Waals surface area contributed by atoms with E-state index in [-0.39, 0.29) is 0 Å². The van der Waals surface area contributed by atoms with E-state index >= 15 is 0 Å². The van der Waals surface area contributed by atoms with Gasteiger partial charge in [-0.05, 0) is 25.0 Å². The van der Waals surface area contributed by atoms with Gasteiger partial charge >= 0.3 is 0 Å². The summed E-state index contributed by atoms with van der Waals surface area (Å²) < 4.78 is 0. The zero-order valence-electron chi connectivity index (χ0n) is 6.83. The summed E-state index contributed by atoms with van der Waals surface area (Å²) in [7, 11) is 8.00. The molecule has 0 aliphatic heterocycles. The average Bonchev–Trinajstić information content (AvgIpc) is 2.04. The molecule has 54 valence electrons. The summed E-state index contributed by atoms with van der Waals surface area (Å²) in [6, 6.07) is 5.72. The van der Waals surface area contributed by atoms with E-state index in [0.717, 1.165) is 11.1 Å². The van der Waals surface area contributed by atoms with Gasteiger partial charge in [0.05, 0.1) is 0 Å². The van der Waals surface area contributed by atoms with Crippen LogP contribution in [0.4, 0.5) is 0 Å². The molecule has 0 spiro atoms. The second-order valence-corrected chi connectivity index (χ2v) is 2.24. The van der Waals surface area contributed by atoms with E-state index in [2.05, 4.69) is 15.5 Å². The van der Waals surface area contributed by atoms with Crippen molar-refractivity contribution in [2.75, 3.05) is 0 Å². The molecule has 0 aliphatic rings. The zero-order chi connectivity index (χ0) is 8.85. The first-order valence-electron chi connectivity index (χ1n) is 3.30. The van der Waals surface area contributed by atoms with Gasteiger partial charge in [0.2, 0.25) is 0 Å². The third-order valence-electron chi connectivity index (χ3n) is 1.44. The summed E-state index contributed by atoms with van der Waals surface area (Å²) in [5, 5.41) is 9.21. The normalized spacial score (nSPS) is 8.18. The monoisotopic (exact) mass is 144 g/mol. The summed E-state index contributed by atoms with van der Waals surface area (Å²) in [5.74, 6) is 0.414. The van der Waals surface area contributed by atoms with E-state index in [1.54, 1.807) is 0 Å². The topological polar surface area (TPSA) is 20.2 Å². The smallest absolute Gasteiger partial charge is 0.121 e. The predicted molar refractivity (Wildman–Crippen MR) is 49.1 cm³/mol. The number of benzene rings is 1. The first-order chi connectivity index (χ1) is 5.22.